The van der Waals surface area contributed by atoms with Gasteiger partial charge >= 0.3 is 0 Å². The lowest BCUT2D eigenvalue weighted by atomic mass is 10.2. The molecule has 0 radical (unpaired) electrons. The first-order chi connectivity index (χ1) is 13.1. The fraction of sp³-hybridized carbons (Fsp3) is 0.333. The predicted molar refractivity (Wildman–Crippen MR) is 109 cm³/mol. The second-order valence-electron chi connectivity index (χ2n) is 6.76. The molecule has 27 heavy (non-hydrogen) atoms. The number of aryl methyl sites for hydroxylation is 1. The Morgan fingerprint density at radius 2 is 1.93 bits per heavy atom. The molecule has 0 spiro atoms. The molecular formula is C21H23N3O2S. The molecule has 1 aromatic heterocycles. The molecule has 0 N–H and O–H groups in total. The van der Waals surface area contributed by atoms with Gasteiger partial charge < -0.3 is 9.64 Å². The standard InChI is InChI=1S/C21H23N3O2S/c1-15-6-5-7-17(14-15)24-19-9-4-3-8-18(19)22-21(24)27-16(2)20(25)23-10-12-26-13-11-23/h3-9,14,16H,10-13H2,1-2H3/t16-/m0/s1. The van der Waals surface area contributed by atoms with Gasteiger partial charge in [0.1, 0.15) is 0 Å². The van der Waals surface area contributed by atoms with E-state index in [-0.39, 0.29) is 11.2 Å². The first kappa shape index (κ1) is 18.1. The summed E-state index contributed by atoms with van der Waals surface area (Å²) in [5.41, 5.74) is 4.25. The molecule has 1 aliphatic heterocycles. The van der Waals surface area contributed by atoms with Gasteiger partial charge in [-0.25, -0.2) is 4.98 Å². The number of morpholine rings is 1. The van der Waals surface area contributed by atoms with Crippen LogP contribution in [-0.2, 0) is 9.53 Å². The van der Waals surface area contributed by atoms with E-state index in [1.807, 2.05) is 30.0 Å². The van der Waals surface area contributed by atoms with Gasteiger partial charge in [-0.05, 0) is 43.7 Å². The number of hydrogen-bond acceptors (Lipinski definition) is 4. The summed E-state index contributed by atoms with van der Waals surface area (Å²) < 4.78 is 7.51. The second kappa shape index (κ2) is 7.74. The normalized spacial score (nSPS) is 15.9. The molecule has 1 atom stereocenters. The van der Waals surface area contributed by atoms with Crippen molar-refractivity contribution in [2.45, 2.75) is 24.3 Å². The van der Waals surface area contributed by atoms with Crippen molar-refractivity contribution in [3.63, 3.8) is 0 Å². The molecule has 140 valence electrons. The summed E-state index contributed by atoms with van der Waals surface area (Å²) >= 11 is 1.52. The lowest BCUT2D eigenvalue weighted by Gasteiger charge is -2.29. The molecule has 0 aliphatic carbocycles. The molecule has 1 amide bonds. The van der Waals surface area contributed by atoms with Gasteiger partial charge in [0.2, 0.25) is 5.91 Å². The lowest BCUT2D eigenvalue weighted by Crippen LogP contribution is -2.44. The minimum absolute atomic E-state index is 0.145. The van der Waals surface area contributed by atoms with E-state index in [2.05, 4.69) is 41.8 Å². The number of imidazole rings is 1. The Hall–Kier alpha value is -2.31. The number of ether oxygens (including phenoxy) is 1. The van der Waals surface area contributed by atoms with Crippen LogP contribution < -0.4 is 0 Å². The molecule has 4 rings (SSSR count). The molecule has 2 aromatic carbocycles. The Kier molecular flexibility index (Phi) is 5.18. The Bertz CT molecular complexity index is 963. The van der Waals surface area contributed by atoms with E-state index in [1.54, 1.807) is 0 Å². The summed E-state index contributed by atoms with van der Waals surface area (Å²) in [4.78, 5) is 19.5. The Labute approximate surface area is 163 Å². The zero-order valence-electron chi connectivity index (χ0n) is 15.6. The molecular weight excluding hydrogens is 358 g/mol. The van der Waals surface area contributed by atoms with Gasteiger partial charge in [-0.2, -0.15) is 0 Å². The van der Waals surface area contributed by atoms with Crippen LogP contribution >= 0.6 is 11.8 Å². The van der Waals surface area contributed by atoms with Crippen LogP contribution in [0.25, 0.3) is 16.7 Å². The monoisotopic (exact) mass is 381 g/mol. The first-order valence-corrected chi connectivity index (χ1v) is 10.1. The average molecular weight is 382 g/mol. The van der Waals surface area contributed by atoms with Crippen molar-refractivity contribution in [2.24, 2.45) is 0 Å². The fourth-order valence-corrected chi connectivity index (χ4v) is 4.38. The molecule has 2 heterocycles. The largest absolute Gasteiger partial charge is 0.378 e. The van der Waals surface area contributed by atoms with Crippen LogP contribution in [0.4, 0.5) is 0 Å². The van der Waals surface area contributed by atoms with Gasteiger partial charge in [0.25, 0.3) is 0 Å². The molecule has 1 aliphatic rings. The molecule has 3 aromatic rings. The van der Waals surface area contributed by atoms with Gasteiger partial charge in [-0.1, -0.05) is 36.0 Å². The number of aromatic nitrogens is 2. The van der Waals surface area contributed by atoms with Crippen molar-refractivity contribution < 1.29 is 9.53 Å². The van der Waals surface area contributed by atoms with Crippen LogP contribution in [0.15, 0.2) is 53.7 Å². The van der Waals surface area contributed by atoms with Crippen molar-refractivity contribution >= 4 is 28.7 Å². The molecule has 5 nitrogen and oxygen atoms in total. The quantitative estimate of drug-likeness (QED) is 0.647. The molecule has 6 heteroatoms. The highest BCUT2D eigenvalue weighted by atomic mass is 32.2. The average Bonchev–Trinajstić information content (AvgIpc) is 3.05. The van der Waals surface area contributed by atoms with Crippen LogP contribution in [0, 0.1) is 6.92 Å². The lowest BCUT2D eigenvalue weighted by molar-refractivity contribution is -0.134. The predicted octanol–water partition coefficient (Wildman–Crippen LogP) is 3.67. The van der Waals surface area contributed by atoms with E-state index >= 15 is 0 Å². The minimum atomic E-state index is -0.205. The van der Waals surface area contributed by atoms with E-state index < -0.39 is 0 Å². The highest BCUT2D eigenvalue weighted by Gasteiger charge is 2.25. The third-order valence-corrected chi connectivity index (χ3v) is 5.78. The van der Waals surface area contributed by atoms with Crippen molar-refractivity contribution in [1.82, 2.24) is 14.5 Å². The maximum absolute atomic E-state index is 12.8. The summed E-state index contributed by atoms with van der Waals surface area (Å²) in [6, 6.07) is 16.5. The third-order valence-electron chi connectivity index (χ3n) is 4.74. The number of nitrogens with zero attached hydrogens (tertiary/aromatic N) is 3. The van der Waals surface area contributed by atoms with Crippen LogP contribution in [-0.4, -0.2) is 51.9 Å². The highest BCUT2D eigenvalue weighted by molar-refractivity contribution is 8.00. The number of rotatable bonds is 4. The zero-order valence-corrected chi connectivity index (χ0v) is 16.4. The van der Waals surface area contributed by atoms with Gasteiger partial charge in [0.15, 0.2) is 5.16 Å². The van der Waals surface area contributed by atoms with E-state index in [0.29, 0.717) is 26.3 Å². The van der Waals surface area contributed by atoms with E-state index in [9.17, 15) is 4.79 Å². The van der Waals surface area contributed by atoms with Gasteiger partial charge in [0, 0.05) is 18.8 Å². The van der Waals surface area contributed by atoms with Crippen LogP contribution in [0.5, 0.6) is 0 Å². The molecule has 0 unspecified atom stereocenters. The number of carbonyl (C=O) groups is 1. The summed E-state index contributed by atoms with van der Waals surface area (Å²) in [5, 5.41) is 0.638. The number of hydrogen-bond donors (Lipinski definition) is 0. The topological polar surface area (TPSA) is 47.4 Å². The second-order valence-corrected chi connectivity index (χ2v) is 8.06. The number of carbonyl (C=O) groups excluding carboxylic acids is 1. The van der Waals surface area contributed by atoms with Crippen molar-refractivity contribution in [2.75, 3.05) is 26.3 Å². The first-order valence-electron chi connectivity index (χ1n) is 9.21. The summed E-state index contributed by atoms with van der Waals surface area (Å²) in [6.07, 6.45) is 0. The third kappa shape index (κ3) is 3.73. The highest BCUT2D eigenvalue weighted by Crippen LogP contribution is 2.31. The minimum Gasteiger partial charge on any atom is -0.378 e. The van der Waals surface area contributed by atoms with Gasteiger partial charge in [0.05, 0.1) is 29.5 Å². The Morgan fingerprint density at radius 1 is 1.15 bits per heavy atom. The van der Waals surface area contributed by atoms with Gasteiger partial charge in [-0.3, -0.25) is 9.36 Å². The van der Waals surface area contributed by atoms with Crippen molar-refractivity contribution in [3.05, 3.63) is 54.1 Å². The zero-order chi connectivity index (χ0) is 18.8. The van der Waals surface area contributed by atoms with Crippen LogP contribution in [0.2, 0.25) is 0 Å². The van der Waals surface area contributed by atoms with E-state index in [1.165, 1.54) is 17.3 Å². The smallest absolute Gasteiger partial charge is 0.236 e. The number of thioether (sulfide) groups is 1. The number of para-hydroxylation sites is 2. The maximum Gasteiger partial charge on any atom is 0.236 e. The van der Waals surface area contributed by atoms with Crippen molar-refractivity contribution in [1.29, 1.82) is 0 Å². The molecule has 0 bridgehead atoms. The molecule has 1 fully saturated rings. The van der Waals surface area contributed by atoms with E-state index in [4.69, 9.17) is 9.72 Å². The number of benzene rings is 2. The van der Waals surface area contributed by atoms with Gasteiger partial charge in [-0.15, -0.1) is 0 Å². The van der Waals surface area contributed by atoms with Crippen LogP contribution in [0.1, 0.15) is 12.5 Å². The molecule has 1 saturated heterocycles. The summed E-state index contributed by atoms with van der Waals surface area (Å²) in [6.45, 7) is 6.61. The SMILES string of the molecule is Cc1cccc(-n2c(S[C@@H](C)C(=O)N3CCOCC3)nc3ccccc32)c1. The summed E-state index contributed by atoms with van der Waals surface area (Å²) in [7, 11) is 0. The Morgan fingerprint density at radius 3 is 2.70 bits per heavy atom. The van der Waals surface area contributed by atoms with Crippen molar-refractivity contribution in [3.8, 4) is 5.69 Å². The maximum atomic E-state index is 12.8. The number of fused-ring (bicyclic) bond motifs is 1. The fourth-order valence-electron chi connectivity index (χ4n) is 3.35. The number of amides is 1. The van der Waals surface area contributed by atoms with E-state index in [0.717, 1.165) is 21.9 Å². The Balaban J connectivity index is 1.69. The van der Waals surface area contributed by atoms with Crippen LogP contribution in [0.3, 0.4) is 0 Å². The molecule has 0 saturated carbocycles. The summed E-state index contributed by atoms with van der Waals surface area (Å²) in [5.74, 6) is 0.145.